The molecule has 4 aliphatic carbocycles. The molecule has 0 radical (unpaired) electrons. The van der Waals surface area contributed by atoms with E-state index in [0.717, 1.165) is 32.1 Å². The molecule has 0 saturated heterocycles. The molecule has 2 unspecified atom stereocenters. The Bertz CT molecular complexity index is 3120. The Morgan fingerprint density at radius 1 is 0.517 bits per heavy atom. The molecule has 8 aromatic carbocycles. The zero-order chi connectivity index (χ0) is 39.6. The lowest BCUT2D eigenvalue weighted by Gasteiger charge is -2.32. The van der Waals surface area contributed by atoms with Crippen LogP contribution in [0.15, 0.2) is 194 Å². The van der Waals surface area contributed by atoms with E-state index in [0.29, 0.717) is 5.92 Å². The minimum absolute atomic E-state index is 0.194. The van der Waals surface area contributed by atoms with Crippen LogP contribution < -0.4 is 4.90 Å². The maximum Gasteiger partial charge on any atom is 0.0540 e. The normalized spacial score (nSPS) is 17.4. The van der Waals surface area contributed by atoms with E-state index in [1.807, 2.05) is 0 Å². The van der Waals surface area contributed by atoms with Crippen molar-refractivity contribution in [3.8, 4) is 11.1 Å². The van der Waals surface area contributed by atoms with Gasteiger partial charge in [0.05, 0.1) is 5.69 Å². The van der Waals surface area contributed by atoms with Gasteiger partial charge in [0.2, 0.25) is 0 Å². The molecule has 0 amide bonds. The van der Waals surface area contributed by atoms with Crippen LogP contribution in [-0.2, 0) is 12.8 Å². The second-order valence-electron chi connectivity index (χ2n) is 17.0. The van der Waals surface area contributed by atoms with Crippen molar-refractivity contribution in [2.24, 2.45) is 0 Å². The van der Waals surface area contributed by atoms with Crippen LogP contribution in [0.1, 0.15) is 81.2 Å². The first-order valence-corrected chi connectivity index (χ1v) is 21.7. The fourth-order valence-corrected chi connectivity index (χ4v) is 10.8. The number of anilines is 2. The van der Waals surface area contributed by atoms with Crippen LogP contribution in [0.25, 0.3) is 50.4 Å². The molecule has 286 valence electrons. The Kier molecular flexibility index (Phi) is 8.40. The maximum atomic E-state index is 2.57. The second kappa shape index (κ2) is 14.4. The fourth-order valence-electron chi connectivity index (χ4n) is 10.8. The molecule has 12 rings (SSSR count). The molecule has 0 fully saturated rings. The third kappa shape index (κ3) is 5.83. The van der Waals surface area contributed by atoms with Gasteiger partial charge >= 0.3 is 0 Å². The van der Waals surface area contributed by atoms with E-state index in [1.165, 1.54) is 99.8 Å². The van der Waals surface area contributed by atoms with E-state index in [9.17, 15) is 0 Å². The number of rotatable bonds is 6. The van der Waals surface area contributed by atoms with Gasteiger partial charge in [0.25, 0.3) is 0 Å². The van der Waals surface area contributed by atoms with Crippen molar-refractivity contribution in [3.63, 3.8) is 0 Å². The molecular weight excluding hydrogens is 723 g/mol. The largest absolute Gasteiger partial charge is 0.314 e. The Labute approximate surface area is 353 Å². The molecule has 0 aliphatic heterocycles. The third-order valence-electron chi connectivity index (χ3n) is 13.7. The van der Waals surface area contributed by atoms with Crippen molar-refractivity contribution in [1.82, 2.24) is 0 Å². The van der Waals surface area contributed by atoms with E-state index >= 15 is 0 Å². The number of fused-ring (bicyclic) bond motifs is 9. The van der Waals surface area contributed by atoms with E-state index < -0.39 is 0 Å². The highest BCUT2D eigenvalue weighted by molar-refractivity contribution is 6.08. The molecule has 0 spiro atoms. The SMILES string of the molecule is C1=Cc2ccc3c(c2CC1)CC(c1ccc(N(C2=CC=C(c4ccc5ccc6ccccc6c5c4)CC2)c2cccc4c2-c2ccccc2C4c2ccccc2)cc1)C=C3. The van der Waals surface area contributed by atoms with Crippen LogP contribution in [0.3, 0.4) is 0 Å². The van der Waals surface area contributed by atoms with Crippen molar-refractivity contribution >= 4 is 50.6 Å². The summed E-state index contributed by atoms with van der Waals surface area (Å²) >= 11 is 0. The molecule has 60 heavy (non-hydrogen) atoms. The van der Waals surface area contributed by atoms with Crippen LogP contribution >= 0.6 is 0 Å². The molecule has 2 atom stereocenters. The van der Waals surface area contributed by atoms with Gasteiger partial charge < -0.3 is 4.90 Å². The average Bonchev–Trinajstić information content (AvgIpc) is 3.67. The molecule has 4 aliphatic rings. The van der Waals surface area contributed by atoms with Crippen LogP contribution in [-0.4, -0.2) is 0 Å². The number of allylic oxidation sites excluding steroid dienone is 6. The van der Waals surface area contributed by atoms with Crippen molar-refractivity contribution in [2.75, 3.05) is 4.90 Å². The van der Waals surface area contributed by atoms with Gasteiger partial charge in [-0.05, 0) is 145 Å². The highest BCUT2D eigenvalue weighted by Crippen LogP contribution is 2.53. The summed E-state index contributed by atoms with van der Waals surface area (Å²) in [6, 6.07) is 61.5. The van der Waals surface area contributed by atoms with Gasteiger partial charge in [0.15, 0.2) is 0 Å². The zero-order valence-electron chi connectivity index (χ0n) is 33.7. The average molecular weight is 768 g/mol. The van der Waals surface area contributed by atoms with E-state index in [-0.39, 0.29) is 5.92 Å². The minimum Gasteiger partial charge on any atom is -0.314 e. The van der Waals surface area contributed by atoms with Crippen molar-refractivity contribution in [1.29, 1.82) is 0 Å². The molecular formula is C59H45N. The highest BCUT2D eigenvalue weighted by Gasteiger charge is 2.34. The molecule has 1 heteroatoms. The van der Waals surface area contributed by atoms with Crippen LogP contribution in [0.4, 0.5) is 11.4 Å². The monoisotopic (exact) mass is 767 g/mol. The predicted molar refractivity (Wildman–Crippen MR) is 254 cm³/mol. The standard InChI is InChI=1S/C59H45N/c1-2-13-45(14-3-1)58-52-17-8-9-18-53(52)59-54(58)19-10-20-57(59)60(48-33-29-39(30-34-48)46-27-25-43-23-21-41-11-4-6-15-50(41)55(43)37-46)49-35-31-40(32-36-49)47-28-26-44-24-22-42-12-5-7-16-51(42)56(44)38-47/h1-6,8-15,17-29,31-33,35-37,47,58H,7,16,30,34,38H2. The zero-order valence-corrected chi connectivity index (χ0v) is 33.7. The molecule has 8 aromatic rings. The first-order valence-electron chi connectivity index (χ1n) is 21.7. The lowest BCUT2D eigenvalue weighted by Crippen LogP contribution is -2.19. The van der Waals surface area contributed by atoms with Gasteiger partial charge in [-0.3, -0.25) is 0 Å². The smallest absolute Gasteiger partial charge is 0.0540 e. The topological polar surface area (TPSA) is 3.24 Å². The van der Waals surface area contributed by atoms with Gasteiger partial charge in [0.1, 0.15) is 0 Å². The Hall–Kier alpha value is -6.96. The molecule has 0 N–H and O–H groups in total. The van der Waals surface area contributed by atoms with Crippen molar-refractivity contribution < 1.29 is 0 Å². The van der Waals surface area contributed by atoms with Crippen LogP contribution in [0.5, 0.6) is 0 Å². The van der Waals surface area contributed by atoms with Crippen molar-refractivity contribution in [2.45, 2.75) is 43.9 Å². The van der Waals surface area contributed by atoms with Gasteiger partial charge in [-0.25, -0.2) is 0 Å². The Morgan fingerprint density at radius 3 is 2.15 bits per heavy atom. The maximum absolute atomic E-state index is 2.57. The molecule has 0 saturated carbocycles. The van der Waals surface area contributed by atoms with Crippen LogP contribution in [0.2, 0.25) is 0 Å². The van der Waals surface area contributed by atoms with Gasteiger partial charge in [-0.2, -0.15) is 0 Å². The highest BCUT2D eigenvalue weighted by atomic mass is 15.2. The Balaban J connectivity index is 0.963. The number of nitrogens with zero attached hydrogens (tertiary/aromatic N) is 1. The van der Waals surface area contributed by atoms with Gasteiger partial charge in [-0.15, -0.1) is 0 Å². The summed E-state index contributed by atoms with van der Waals surface area (Å²) in [6.45, 7) is 0. The Morgan fingerprint density at radius 2 is 1.28 bits per heavy atom. The van der Waals surface area contributed by atoms with E-state index in [2.05, 4.69) is 205 Å². The first kappa shape index (κ1) is 35.0. The summed E-state index contributed by atoms with van der Waals surface area (Å²) in [5, 5.41) is 5.21. The number of hydrogen-bond donors (Lipinski definition) is 0. The van der Waals surface area contributed by atoms with E-state index in [1.54, 1.807) is 5.56 Å². The van der Waals surface area contributed by atoms with Gasteiger partial charge in [0, 0.05) is 28.8 Å². The van der Waals surface area contributed by atoms with Crippen molar-refractivity contribution in [3.05, 3.63) is 244 Å². The summed E-state index contributed by atoms with van der Waals surface area (Å²) in [6.07, 6.45) is 19.5. The fraction of sp³-hybridized carbons (Fsp3) is 0.119. The summed E-state index contributed by atoms with van der Waals surface area (Å²) in [7, 11) is 0. The summed E-state index contributed by atoms with van der Waals surface area (Å²) in [5.41, 5.74) is 20.5. The van der Waals surface area contributed by atoms with E-state index in [4.69, 9.17) is 0 Å². The van der Waals surface area contributed by atoms with Crippen LogP contribution in [0, 0.1) is 0 Å². The number of hydrogen-bond acceptors (Lipinski definition) is 1. The first-order chi connectivity index (χ1) is 29.7. The molecule has 1 nitrogen and oxygen atoms in total. The third-order valence-corrected chi connectivity index (χ3v) is 13.7. The number of benzene rings is 8. The van der Waals surface area contributed by atoms with Gasteiger partial charge in [-0.1, -0.05) is 170 Å². The summed E-state index contributed by atoms with van der Waals surface area (Å²) in [5.74, 6) is 0.551. The lowest BCUT2D eigenvalue weighted by molar-refractivity contribution is 0.805. The molecule has 0 bridgehead atoms. The lowest BCUT2D eigenvalue weighted by atomic mass is 9.79. The second-order valence-corrected chi connectivity index (χ2v) is 17.0. The quantitative estimate of drug-likeness (QED) is 0.152. The summed E-state index contributed by atoms with van der Waals surface area (Å²) < 4.78 is 0. The molecule has 0 aromatic heterocycles. The summed E-state index contributed by atoms with van der Waals surface area (Å²) in [4.78, 5) is 2.57. The molecule has 0 heterocycles. The minimum atomic E-state index is 0.194. The predicted octanol–water partition coefficient (Wildman–Crippen LogP) is 15.4.